The van der Waals surface area contributed by atoms with Crippen LogP contribution >= 0.6 is 0 Å². The van der Waals surface area contributed by atoms with Crippen LogP contribution in [0.4, 0.5) is 0 Å². The Kier molecular flexibility index (Phi) is 5.38. The summed E-state index contributed by atoms with van der Waals surface area (Å²) < 4.78 is 12.0. The lowest BCUT2D eigenvalue weighted by Crippen LogP contribution is -2.41. The molecule has 7 heteroatoms. The minimum absolute atomic E-state index is 0.169. The van der Waals surface area contributed by atoms with Crippen LogP contribution < -0.4 is 4.74 Å². The minimum Gasteiger partial charge on any atom is -0.454 e. The lowest BCUT2D eigenvalue weighted by Gasteiger charge is -2.36. The van der Waals surface area contributed by atoms with Gasteiger partial charge in [-0.3, -0.25) is 9.69 Å². The van der Waals surface area contributed by atoms with Gasteiger partial charge in [-0.2, -0.15) is 4.98 Å². The molecule has 0 amide bonds. The van der Waals surface area contributed by atoms with Gasteiger partial charge in [0.1, 0.15) is 17.6 Å². The predicted octanol–water partition coefficient (Wildman–Crippen LogP) is 3.88. The van der Waals surface area contributed by atoms with E-state index in [1.54, 1.807) is 6.20 Å². The molecule has 3 heterocycles. The topological polar surface area (TPSA) is 81.3 Å². The summed E-state index contributed by atoms with van der Waals surface area (Å²) in [5.74, 6) is 1.08. The van der Waals surface area contributed by atoms with Crippen LogP contribution in [-0.2, 0) is 16.6 Å². The first-order chi connectivity index (χ1) is 15.1. The third-order valence-electron chi connectivity index (χ3n) is 7.35. The molecule has 3 atom stereocenters. The third-order valence-corrected chi connectivity index (χ3v) is 7.35. The number of aromatic nitrogens is 3. The fourth-order valence-electron chi connectivity index (χ4n) is 5.68. The highest BCUT2D eigenvalue weighted by molar-refractivity contribution is 5.91. The van der Waals surface area contributed by atoms with Crippen molar-refractivity contribution in [2.75, 3.05) is 13.6 Å². The Morgan fingerprint density at radius 3 is 2.94 bits per heavy atom. The number of carbonyl (C=O) groups excluding carboxylic acids is 1. The van der Waals surface area contributed by atoms with Crippen LogP contribution in [0.25, 0.3) is 11.4 Å². The standard InChI is InChI=1S/C24H30N4O3/c1-3-19(18-9-7-15-28(18)2)30-23-25-14-11-17(26-23)21-16-8-6-13-24(22(16)31-27-21)12-5-4-10-20(24)29/h3,11,14,18-19H,1,4-10,12-13,15H2,2H3/t18-,19-,24+/m0/s1. The highest BCUT2D eigenvalue weighted by Gasteiger charge is 2.48. The maximum Gasteiger partial charge on any atom is 0.317 e. The number of fused-ring (bicyclic) bond motifs is 2. The molecule has 7 nitrogen and oxygen atoms in total. The van der Waals surface area contributed by atoms with Crippen LogP contribution in [0.5, 0.6) is 6.01 Å². The van der Waals surface area contributed by atoms with E-state index in [1.165, 1.54) is 0 Å². The number of Topliss-reactive ketones (excluding diaryl/α,β-unsaturated/α-hetero) is 1. The summed E-state index contributed by atoms with van der Waals surface area (Å²) in [4.78, 5) is 24.2. The molecule has 0 aromatic carbocycles. The van der Waals surface area contributed by atoms with Crippen molar-refractivity contribution in [2.24, 2.45) is 0 Å². The Balaban J connectivity index is 1.44. The summed E-state index contributed by atoms with van der Waals surface area (Å²) in [7, 11) is 2.11. The van der Waals surface area contributed by atoms with Gasteiger partial charge in [-0.15, -0.1) is 0 Å². The Hall–Kier alpha value is -2.54. The van der Waals surface area contributed by atoms with E-state index in [4.69, 9.17) is 9.26 Å². The first kappa shape index (κ1) is 20.4. The number of hydrogen-bond donors (Lipinski definition) is 0. The van der Waals surface area contributed by atoms with Crippen molar-refractivity contribution in [3.63, 3.8) is 0 Å². The van der Waals surface area contributed by atoms with Gasteiger partial charge >= 0.3 is 6.01 Å². The van der Waals surface area contributed by atoms with E-state index in [0.717, 1.165) is 69.2 Å². The zero-order chi connectivity index (χ0) is 21.4. The second-order valence-electron chi connectivity index (χ2n) is 9.14. The molecule has 1 saturated carbocycles. The summed E-state index contributed by atoms with van der Waals surface area (Å²) in [6.07, 6.45) is 11.8. The number of carbonyl (C=O) groups is 1. The molecule has 2 aromatic rings. The minimum atomic E-state index is -0.482. The summed E-state index contributed by atoms with van der Waals surface area (Å²) in [5, 5.41) is 4.38. The van der Waals surface area contributed by atoms with Crippen LogP contribution in [0.2, 0.25) is 0 Å². The smallest absolute Gasteiger partial charge is 0.317 e. The molecule has 3 aliphatic rings. The highest BCUT2D eigenvalue weighted by atomic mass is 16.5. The van der Waals surface area contributed by atoms with Crippen molar-refractivity contribution in [1.29, 1.82) is 0 Å². The monoisotopic (exact) mass is 422 g/mol. The Morgan fingerprint density at radius 2 is 2.16 bits per heavy atom. The van der Waals surface area contributed by atoms with Gasteiger partial charge < -0.3 is 9.26 Å². The zero-order valence-electron chi connectivity index (χ0n) is 18.2. The van der Waals surface area contributed by atoms with Crippen molar-refractivity contribution in [3.05, 3.63) is 36.2 Å². The van der Waals surface area contributed by atoms with Crippen LogP contribution in [0.3, 0.4) is 0 Å². The van der Waals surface area contributed by atoms with E-state index in [-0.39, 0.29) is 12.1 Å². The third kappa shape index (κ3) is 3.49. The van der Waals surface area contributed by atoms with Crippen molar-refractivity contribution in [3.8, 4) is 17.4 Å². The fraction of sp³-hybridized carbons (Fsp3) is 0.583. The van der Waals surface area contributed by atoms with Crippen molar-refractivity contribution in [2.45, 2.75) is 75.3 Å². The quantitative estimate of drug-likeness (QED) is 0.677. The number of rotatable bonds is 5. The first-order valence-electron chi connectivity index (χ1n) is 11.5. The molecule has 0 bridgehead atoms. The molecule has 2 aliphatic carbocycles. The molecule has 1 aliphatic heterocycles. The van der Waals surface area contributed by atoms with Gasteiger partial charge in [0.05, 0.1) is 17.2 Å². The van der Waals surface area contributed by atoms with Gasteiger partial charge in [0.25, 0.3) is 0 Å². The van der Waals surface area contributed by atoms with Gasteiger partial charge in [-0.25, -0.2) is 4.98 Å². The van der Waals surface area contributed by atoms with E-state index >= 15 is 0 Å². The summed E-state index contributed by atoms with van der Waals surface area (Å²) >= 11 is 0. The number of ether oxygens (including phenoxy) is 1. The average Bonchev–Trinajstić information content (AvgIpc) is 3.41. The average molecular weight is 423 g/mol. The van der Waals surface area contributed by atoms with Gasteiger partial charge in [0.15, 0.2) is 5.76 Å². The van der Waals surface area contributed by atoms with E-state index in [9.17, 15) is 4.79 Å². The second kappa shape index (κ2) is 8.19. The molecule has 0 N–H and O–H groups in total. The molecule has 31 heavy (non-hydrogen) atoms. The summed E-state index contributed by atoms with van der Waals surface area (Å²) in [6.45, 7) is 5.02. The van der Waals surface area contributed by atoms with Crippen LogP contribution in [0, 0.1) is 0 Å². The van der Waals surface area contributed by atoms with Crippen LogP contribution in [0.15, 0.2) is 29.4 Å². The van der Waals surface area contributed by atoms with Crippen molar-refractivity contribution < 1.29 is 14.1 Å². The van der Waals surface area contributed by atoms with Crippen molar-refractivity contribution >= 4 is 5.78 Å². The first-order valence-corrected chi connectivity index (χ1v) is 11.5. The highest BCUT2D eigenvalue weighted by Crippen LogP contribution is 2.47. The van der Waals surface area contributed by atoms with Crippen molar-refractivity contribution in [1.82, 2.24) is 20.0 Å². The number of hydrogen-bond acceptors (Lipinski definition) is 7. The summed E-state index contributed by atoms with van der Waals surface area (Å²) in [6, 6.07) is 2.43. The lowest BCUT2D eigenvalue weighted by atomic mass is 9.64. The second-order valence-corrected chi connectivity index (χ2v) is 9.14. The van der Waals surface area contributed by atoms with E-state index in [2.05, 4.69) is 33.7 Å². The molecule has 164 valence electrons. The molecule has 1 spiro atoms. The van der Waals surface area contributed by atoms with E-state index in [1.807, 2.05) is 12.1 Å². The number of ketones is 1. The number of likely N-dealkylation sites (N-methyl/N-ethyl adjacent to an activating group) is 1. The fourth-order valence-corrected chi connectivity index (χ4v) is 5.68. The zero-order valence-corrected chi connectivity index (χ0v) is 18.2. The Labute approximate surface area is 182 Å². The predicted molar refractivity (Wildman–Crippen MR) is 116 cm³/mol. The molecular weight excluding hydrogens is 392 g/mol. The molecule has 5 rings (SSSR count). The van der Waals surface area contributed by atoms with Gasteiger partial charge in [0.2, 0.25) is 0 Å². The largest absolute Gasteiger partial charge is 0.454 e. The molecule has 1 saturated heterocycles. The Bertz CT molecular complexity index is 987. The Morgan fingerprint density at radius 1 is 1.29 bits per heavy atom. The molecule has 2 aromatic heterocycles. The molecule has 0 radical (unpaired) electrons. The van der Waals surface area contributed by atoms with Gasteiger partial charge in [-0.1, -0.05) is 18.2 Å². The SMILES string of the molecule is C=C[C@H](Oc1nccc(-c2noc3c2CCC[C@@]32CCCCC2=O)n1)[C@@H]1CCCN1C. The van der Waals surface area contributed by atoms with E-state index < -0.39 is 5.41 Å². The van der Waals surface area contributed by atoms with Gasteiger partial charge in [-0.05, 0) is 70.7 Å². The van der Waals surface area contributed by atoms with E-state index in [0.29, 0.717) is 29.6 Å². The maximum absolute atomic E-state index is 12.9. The molecule has 2 fully saturated rings. The van der Waals surface area contributed by atoms with Gasteiger partial charge in [0, 0.05) is 18.2 Å². The van der Waals surface area contributed by atoms with Crippen LogP contribution in [-0.4, -0.2) is 51.5 Å². The normalized spacial score (nSPS) is 27.3. The molecule has 0 unspecified atom stereocenters. The lowest BCUT2D eigenvalue weighted by molar-refractivity contribution is -0.128. The number of nitrogens with zero attached hydrogens (tertiary/aromatic N) is 4. The molecular formula is C24H30N4O3. The maximum atomic E-state index is 12.9. The number of likely N-dealkylation sites (tertiary alicyclic amines) is 1. The van der Waals surface area contributed by atoms with Crippen LogP contribution in [0.1, 0.15) is 62.7 Å². The summed E-state index contributed by atoms with van der Waals surface area (Å²) in [5.41, 5.74) is 1.94.